The molecule has 1 aliphatic rings. The number of nitrogens with zero attached hydrogens (tertiary/aromatic N) is 6. The predicted molar refractivity (Wildman–Crippen MR) is 96.4 cm³/mol. The molecule has 0 atom stereocenters. The second-order valence-corrected chi connectivity index (χ2v) is 5.98. The fraction of sp³-hybridized carbons (Fsp3) is 0.167. The van der Waals surface area contributed by atoms with E-state index in [-0.39, 0.29) is 0 Å². The first-order chi connectivity index (χ1) is 12.8. The molecule has 0 saturated heterocycles. The van der Waals surface area contributed by atoms with Gasteiger partial charge in [-0.3, -0.25) is 4.98 Å². The Morgan fingerprint density at radius 3 is 3.04 bits per heavy atom. The molecule has 8 nitrogen and oxygen atoms in total. The van der Waals surface area contributed by atoms with Crippen molar-refractivity contribution in [2.24, 2.45) is 0 Å². The lowest BCUT2D eigenvalue weighted by Crippen LogP contribution is -2.29. The molecular weight excluding hydrogens is 330 g/mol. The van der Waals surface area contributed by atoms with E-state index in [4.69, 9.17) is 9.72 Å². The van der Waals surface area contributed by atoms with Crippen LogP contribution in [0.25, 0.3) is 22.7 Å². The van der Waals surface area contributed by atoms with Gasteiger partial charge in [0, 0.05) is 11.9 Å². The fourth-order valence-corrected chi connectivity index (χ4v) is 3.08. The van der Waals surface area contributed by atoms with Gasteiger partial charge >= 0.3 is 0 Å². The van der Waals surface area contributed by atoms with E-state index in [1.54, 1.807) is 18.7 Å². The van der Waals surface area contributed by atoms with Crippen LogP contribution in [-0.2, 0) is 0 Å². The van der Waals surface area contributed by atoms with Crippen LogP contribution in [0.15, 0.2) is 43.0 Å². The number of aromatic nitrogens is 6. The number of anilines is 2. The quantitative estimate of drug-likeness (QED) is 0.597. The first-order valence-electron chi connectivity index (χ1n) is 8.29. The lowest BCUT2D eigenvalue weighted by atomic mass is 10.2. The Bertz CT molecular complexity index is 1110. The maximum atomic E-state index is 5.71. The monoisotopic (exact) mass is 345 g/mol. The fourth-order valence-electron chi connectivity index (χ4n) is 3.08. The number of aryl methyl sites for hydroxylation is 1. The van der Waals surface area contributed by atoms with Gasteiger partial charge in [-0.05, 0) is 25.1 Å². The van der Waals surface area contributed by atoms with Crippen LogP contribution in [0, 0.1) is 6.92 Å². The molecular formula is C18H15N7O. The van der Waals surface area contributed by atoms with E-state index in [9.17, 15) is 0 Å². The van der Waals surface area contributed by atoms with E-state index in [2.05, 4.69) is 29.8 Å². The van der Waals surface area contributed by atoms with E-state index >= 15 is 0 Å². The maximum absolute atomic E-state index is 5.71. The maximum Gasteiger partial charge on any atom is 0.182 e. The van der Waals surface area contributed by atoms with Gasteiger partial charge in [-0.1, -0.05) is 6.07 Å². The highest BCUT2D eigenvalue weighted by atomic mass is 16.5. The number of hydrogen-bond acceptors (Lipinski definition) is 7. The Hall–Kier alpha value is -3.55. The minimum absolute atomic E-state index is 0.548. The highest BCUT2D eigenvalue weighted by Gasteiger charge is 2.24. The van der Waals surface area contributed by atoms with Gasteiger partial charge in [0.25, 0.3) is 0 Å². The number of pyridine rings is 2. The Labute approximate surface area is 148 Å². The van der Waals surface area contributed by atoms with Crippen LogP contribution in [0.4, 0.5) is 11.5 Å². The number of fused-ring (bicyclic) bond motifs is 2. The molecule has 26 heavy (non-hydrogen) atoms. The normalized spacial score (nSPS) is 13.5. The third-order valence-electron chi connectivity index (χ3n) is 4.26. The van der Waals surface area contributed by atoms with Gasteiger partial charge in [0.1, 0.15) is 12.3 Å². The first-order valence-corrected chi connectivity index (χ1v) is 8.29. The molecule has 0 amide bonds. The Kier molecular flexibility index (Phi) is 3.27. The molecule has 0 aromatic carbocycles. The molecule has 0 aliphatic carbocycles. The number of H-pyrrole nitrogens is 1. The summed E-state index contributed by atoms with van der Waals surface area (Å²) in [4.78, 5) is 27.7. The van der Waals surface area contributed by atoms with Crippen LogP contribution in [-0.4, -0.2) is 43.1 Å². The van der Waals surface area contributed by atoms with Crippen molar-refractivity contribution in [3.8, 4) is 17.3 Å². The highest BCUT2D eigenvalue weighted by Crippen LogP contribution is 2.37. The van der Waals surface area contributed by atoms with Crippen LogP contribution in [0.2, 0.25) is 0 Å². The molecule has 0 radical (unpaired) electrons. The third-order valence-corrected chi connectivity index (χ3v) is 4.26. The van der Waals surface area contributed by atoms with Gasteiger partial charge in [-0.25, -0.2) is 19.9 Å². The van der Waals surface area contributed by atoms with Crippen LogP contribution in [0.3, 0.4) is 0 Å². The number of rotatable bonds is 2. The molecule has 8 heteroatoms. The summed E-state index contributed by atoms with van der Waals surface area (Å²) in [5.41, 5.74) is 3.95. The summed E-state index contributed by atoms with van der Waals surface area (Å²) in [5, 5.41) is 0. The minimum atomic E-state index is 0.548. The number of nitrogens with one attached hydrogen (secondary N) is 1. The number of aromatic amines is 1. The van der Waals surface area contributed by atoms with Crippen LogP contribution in [0.5, 0.6) is 5.75 Å². The number of hydrogen-bond donors (Lipinski definition) is 1. The summed E-state index contributed by atoms with van der Waals surface area (Å²) < 4.78 is 5.71. The summed E-state index contributed by atoms with van der Waals surface area (Å²) in [7, 11) is 0. The van der Waals surface area contributed by atoms with Gasteiger partial charge in [0.05, 0.1) is 24.8 Å². The highest BCUT2D eigenvalue weighted by molar-refractivity contribution is 5.88. The molecule has 5 rings (SSSR count). The predicted octanol–water partition coefficient (Wildman–Crippen LogP) is 2.65. The van der Waals surface area contributed by atoms with E-state index in [0.29, 0.717) is 30.1 Å². The topological polar surface area (TPSA) is 92.7 Å². The molecule has 128 valence electrons. The second-order valence-electron chi connectivity index (χ2n) is 5.98. The third kappa shape index (κ3) is 2.34. The van der Waals surface area contributed by atoms with Crippen LogP contribution >= 0.6 is 0 Å². The molecule has 0 unspecified atom stereocenters. The summed E-state index contributed by atoms with van der Waals surface area (Å²) in [6, 6.07) is 7.73. The second kappa shape index (κ2) is 5.76. The summed E-state index contributed by atoms with van der Waals surface area (Å²) in [5.74, 6) is 2.02. The molecule has 4 aromatic rings. The van der Waals surface area contributed by atoms with Crippen molar-refractivity contribution in [1.82, 2.24) is 29.9 Å². The zero-order valence-electron chi connectivity index (χ0n) is 14.0. The Morgan fingerprint density at radius 2 is 2.12 bits per heavy atom. The minimum Gasteiger partial charge on any atom is -0.488 e. The molecule has 4 aromatic heterocycles. The van der Waals surface area contributed by atoms with Crippen molar-refractivity contribution in [2.75, 3.05) is 18.1 Å². The van der Waals surface area contributed by atoms with Crippen molar-refractivity contribution < 1.29 is 4.74 Å². The number of imidazole rings is 1. The SMILES string of the molecule is Cc1cccc(-c2nc(N3CCOc4cnccc43)c3nc[nH]c3n2)n1. The average Bonchev–Trinajstić information content (AvgIpc) is 3.15. The molecule has 0 saturated carbocycles. The van der Waals surface area contributed by atoms with Gasteiger partial charge in [0.15, 0.2) is 28.6 Å². The summed E-state index contributed by atoms with van der Waals surface area (Å²) in [6.45, 7) is 3.16. The van der Waals surface area contributed by atoms with Crippen LogP contribution < -0.4 is 9.64 Å². The lowest BCUT2D eigenvalue weighted by molar-refractivity contribution is 0.312. The Morgan fingerprint density at radius 1 is 1.15 bits per heavy atom. The first kappa shape index (κ1) is 14.8. The van der Waals surface area contributed by atoms with Crippen molar-refractivity contribution in [2.45, 2.75) is 6.92 Å². The molecule has 0 bridgehead atoms. The van der Waals surface area contributed by atoms with Gasteiger partial charge in [-0.2, -0.15) is 0 Å². The molecule has 5 heterocycles. The van der Waals surface area contributed by atoms with E-state index in [0.717, 1.165) is 28.6 Å². The molecule has 1 aliphatic heterocycles. The van der Waals surface area contributed by atoms with E-state index in [1.165, 1.54) is 0 Å². The number of ether oxygens (including phenoxy) is 1. The summed E-state index contributed by atoms with van der Waals surface area (Å²) in [6.07, 6.45) is 5.09. The average molecular weight is 345 g/mol. The van der Waals surface area contributed by atoms with Gasteiger partial charge < -0.3 is 14.6 Å². The molecule has 0 spiro atoms. The van der Waals surface area contributed by atoms with Crippen molar-refractivity contribution in [3.63, 3.8) is 0 Å². The smallest absolute Gasteiger partial charge is 0.182 e. The molecule has 0 fully saturated rings. The van der Waals surface area contributed by atoms with Crippen molar-refractivity contribution >= 4 is 22.7 Å². The van der Waals surface area contributed by atoms with Crippen molar-refractivity contribution in [3.05, 3.63) is 48.7 Å². The summed E-state index contributed by atoms with van der Waals surface area (Å²) >= 11 is 0. The van der Waals surface area contributed by atoms with E-state index in [1.807, 2.05) is 31.2 Å². The Balaban J connectivity index is 1.72. The largest absolute Gasteiger partial charge is 0.488 e. The molecule has 1 N–H and O–H groups in total. The van der Waals surface area contributed by atoms with Crippen molar-refractivity contribution in [1.29, 1.82) is 0 Å². The van der Waals surface area contributed by atoms with Gasteiger partial charge in [-0.15, -0.1) is 0 Å². The lowest BCUT2D eigenvalue weighted by Gasteiger charge is -2.30. The van der Waals surface area contributed by atoms with Gasteiger partial charge in [0.2, 0.25) is 0 Å². The zero-order chi connectivity index (χ0) is 17.5. The van der Waals surface area contributed by atoms with Crippen LogP contribution in [0.1, 0.15) is 5.69 Å². The zero-order valence-corrected chi connectivity index (χ0v) is 14.0. The van der Waals surface area contributed by atoms with E-state index < -0.39 is 0 Å². The standard InChI is InChI=1S/C18H15N7O/c1-11-3-2-4-12(22-11)16-23-17-15(20-10-21-17)18(24-16)25-7-8-26-14-9-19-6-5-13(14)25/h2-6,9-10H,7-8H2,1H3,(H,20,21,23,24).